The summed E-state index contributed by atoms with van der Waals surface area (Å²) in [6.45, 7) is 2.55. The summed E-state index contributed by atoms with van der Waals surface area (Å²) < 4.78 is 0. The first-order valence-electron chi connectivity index (χ1n) is 5.73. The number of aromatic amines is 1. The standard InChI is InChI=1S/C12H15N5O/c1-2-8-3-5-9(6-4-8)7-14-11(18)10-15-12(13)17-16-10/h3-6H,2,7H2,1H3,(H,14,18)(H3,13,15,16,17). The Kier molecular flexibility index (Phi) is 3.57. The van der Waals surface area contributed by atoms with Crippen molar-refractivity contribution in [2.75, 3.05) is 5.73 Å². The lowest BCUT2D eigenvalue weighted by Crippen LogP contribution is -2.24. The topological polar surface area (TPSA) is 96.7 Å². The summed E-state index contributed by atoms with van der Waals surface area (Å²) in [6, 6.07) is 8.09. The van der Waals surface area contributed by atoms with E-state index in [4.69, 9.17) is 5.73 Å². The summed E-state index contributed by atoms with van der Waals surface area (Å²) in [5, 5.41) is 8.80. The molecule has 2 aromatic rings. The van der Waals surface area contributed by atoms with Gasteiger partial charge >= 0.3 is 0 Å². The maximum atomic E-state index is 11.7. The third-order valence-electron chi connectivity index (χ3n) is 2.60. The second-order valence-corrected chi connectivity index (χ2v) is 3.89. The number of benzene rings is 1. The van der Waals surface area contributed by atoms with Gasteiger partial charge < -0.3 is 11.1 Å². The lowest BCUT2D eigenvalue weighted by molar-refractivity contribution is 0.0941. The Morgan fingerprint density at radius 1 is 1.33 bits per heavy atom. The molecule has 1 aromatic carbocycles. The molecular formula is C12H15N5O. The van der Waals surface area contributed by atoms with E-state index in [2.05, 4.69) is 27.4 Å². The third kappa shape index (κ3) is 2.85. The highest BCUT2D eigenvalue weighted by molar-refractivity contribution is 5.90. The first kappa shape index (κ1) is 12.1. The average Bonchev–Trinajstić information content (AvgIpc) is 2.83. The Bertz CT molecular complexity index is 532. The number of nitrogens with one attached hydrogen (secondary N) is 2. The number of rotatable bonds is 4. The van der Waals surface area contributed by atoms with Gasteiger partial charge in [0, 0.05) is 6.54 Å². The summed E-state index contributed by atoms with van der Waals surface area (Å²) in [5.41, 5.74) is 7.63. The van der Waals surface area contributed by atoms with Gasteiger partial charge in [-0.05, 0) is 17.5 Å². The highest BCUT2D eigenvalue weighted by Gasteiger charge is 2.09. The maximum absolute atomic E-state index is 11.7. The van der Waals surface area contributed by atoms with Crippen molar-refractivity contribution in [3.8, 4) is 0 Å². The molecule has 6 nitrogen and oxygen atoms in total. The number of aryl methyl sites for hydroxylation is 1. The Morgan fingerprint density at radius 3 is 2.56 bits per heavy atom. The fourth-order valence-corrected chi connectivity index (χ4v) is 1.54. The molecule has 0 unspecified atom stereocenters. The fraction of sp³-hybridized carbons (Fsp3) is 0.250. The zero-order valence-corrected chi connectivity index (χ0v) is 10.1. The zero-order valence-electron chi connectivity index (χ0n) is 10.1. The van der Waals surface area contributed by atoms with Crippen LogP contribution in [0.3, 0.4) is 0 Å². The molecule has 0 radical (unpaired) electrons. The predicted molar refractivity (Wildman–Crippen MR) is 67.8 cm³/mol. The number of nitrogens with two attached hydrogens (primary N) is 1. The molecule has 0 saturated heterocycles. The van der Waals surface area contributed by atoms with Crippen LogP contribution in [-0.4, -0.2) is 21.1 Å². The molecule has 0 saturated carbocycles. The summed E-state index contributed by atoms with van der Waals surface area (Å²) in [7, 11) is 0. The normalized spacial score (nSPS) is 10.3. The van der Waals surface area contributed by atoms with Crippen molar-refractivity contribution in [1.29, 1.82) is 0 Å². The van der Waals surface area contributed by atoms with Gasteiger partial charge in [0.25, 0.3) is 5.91 Å². The maximum Gasteiger partial charge on any atom is 0.288 e. The molecule has 0 bridgehead atoms. The molecule has 94 valence electrons. The van der Waals surface area contributed by atoms with E-state index >= 15 is 0 Å². The number of hydrogen-bond donors (Lipinski definition) is 3. The van der Waals surface area contributed by atoms with Crippen molar-refractivity contribution in [3.63, 3.8) is 0 Å². The molecule has 6 heteroatoms. The lowest BCUT2D eigenvalue weighted by Gasteiger charge is -2.04. The molecular weight excluding hydrogens is 230 g/mol. The second kappa shape index (κ2) is 5.31. The Hall–Kier alpha value is -2.37. The summed E-state index contributed by atoms with van der Waals surface area (Å²) >= 11 is 0. The molecule has 0 aliphatic heterocycles. The Morgan fingerprint density at radius 2 is 2.00 bits per heavy atom. The van der Waals surface area contributed by atoms with Gasteiger partial charge in [0.1, 0.15) is 0 Å². The number of aromatic nitrogens is 3. The van der Waals surface area contributed by atoms with E-state index < -0.39 is 0 Å². The molecule has 0 aliphatic carbocycles. The van der Waals surface area contributed by atoms with E-state index in [0.29, 0.717) is 6.54 Å². The molecule has 2 rings (SSSR count). The largest absolute Gasteiger partial charge is 0.366 e. The lowest BCUT2D eigenvalue weighted by atomic mass is 10.1. The highest BCUT2D eigenvalue weighted by atomic mass is 16.2. The van der Waals surface area contributed by atoms with E-state index in [1.54, 1.807) is 0 Å². The van der Waals surface area contributed by atoms with Gasteiger partial charge in [-0.15, -0.1) is 5.10 Å². The first-order chi connectivity index (χ1) is 8.69. The van der Waals surface area contributed by atoms with Crippen LogP contribution < -0.4 is 11.1 Å². The van der Waals surface area contributed by atoms with Crippen LogP contribution in [0.2, 0.25) is 0 Å². The van der Waals surface area contributed by atoms with Crippen LogP contribution in [0.25, 0.3) is 0 Å². The molecule has 0 spiro atoms. The molecule has 0 aliphatic rings. The Balaban J connectivity index is 1.92. The van der Waals surface area contributed by atoms with Gasteiger partial charge in [-0.25, -0.2) is 0 Å². The van der Waals surface area contributed by atoms with Gasteiger partial charge in [0.05, 0.1) is 0 Å². The van der Waals surface area contributed by atoms with Crippen molar-refractivity contribution in [3.05, 3.63) is 41.2 Å². The van der Waals surface area contributed by atoms with Crippen LogP contribution in [0.1, 0.15) is 28.7 Å². The average molecular weight is 245 g/mol. The van der Waals surface area contributed by atoms with Gasteiger partial charge in [-0.2, -0.15) is 4.98 Å². The van der Waals surface area contributed by atoms with E-state index in [1.807, 2.05) is 24.3 Å². The molecule has 0 fully saturated rings. The van der Waals surface area contributed by atoms with E-state index in [-0.39, 0.29) is 17.7 Å². The number of carbonyl (C=O) groups is 1. The first-order valence-corrected chi connectivity index (χ1v) is 5.73. The molecule has 0 atom stereocenters. The van der Waals surface area contributed by atoms with Gasteiger partial charge in [-0.3, -0.25) is 9.89 Å². The minimum Gasteiger partial charge on any atom is -0.366 e. The second-order valence-electron chi connectivity index (χ2n) is 3.89. The quantitative estimate of drug-likeness (QED) is 0.744. The number of amides is 1. The molecule has 1 amide bonds. The molecule has 18 heavy (non-hydrogen) atoms. The number of nitrogen functional groups attached to an aromatic ring is 1. The van der Waals surface area contributed by atoms with Gasteiger partial charge in [-0.1, -0.05) is 31.2 Å². The van der Waals surface area contributed by atoms with Crippen LogP contribution >= 0.6 is 0 Å². The molecule has 1 heterocycles. The van der Waals surface area contributed by atoms with E-state index in [1.165, 1.54) is 5.56 Å². The van der Waals surface area contributed by atoms with Gasteiger partial charge in [0.15, 0.2) is 0 Å². The Labute approximate surface area is 105 Å². The number of anilines is 1. The van der Waals surface area contributed by atoms with Gasteiger partial charge in [0.2, 0.25) is 11.8 Å². The van der Waals surface area contributed by atoms with E-state index in [9.17, 15) is 4.79 Å². The molecule has 4 N–H and O–H groups in total. The number of H-pyrrole nitrogens is 1. The number of carbonyl (C=O) groups excluding carboxylic acids is 1. The van der Waals surface area contributed by atoms with Crippen molar-refractivity contribution < 1.29 is 4.79 Å². The van der Waals surface area contributed by atoms with Crippen molar-refractivity contribution in [1.82, 2.24) is 20.5 Å². The van der Waals surface area contributed by atoms with E-state index in [0.717, 1.165) is 12.0 Å². The van der Waals surface area contributed by atoms with Crippen LogP contribution in [0.5, 0.6) is 0 Å². The minimum absolute atomic E-state index is 0.0625. The summed E-state index contributed by atoms with van der Waals surface area (Å²) in [4.78, 5) is 15.4. The van der Waals surface area contributed by atoms with Crippen LogP contribution in [0.4, 0.5) is 5.95 Å². The summed E-state index contributed by atoms with van der Waals surface area (Å²) in [5.74, 6) is -0.135. The third-order valence-corrected chi connectivity index (χ3v) is 2.60. The van der Waals surface area contributed by atoms with Crippen LogP contribution in [-0.2, 0) is 13.0 Å². The monoisotopic (exact) mass is 245 g/mol. The van der Waals surface area contributed by atoms with Crippen molar-refractivity contribution in [2.24, 2.45) is 0 Å². The zero-order chi connectivity index (χ0) is 13.0. The number of hydrogen-bond acceptors (Lipinski definition) is 4. The van der Waals surface area contributed by atoms with Crippen molar-refractivity contribution in [2.45, 2.75) is 19.9 Å². The predicted octanol–water partition coefficient (Wildman–Crippen LogP) is 0.879. The molecule has 1 aromatic heterocycles. The smallest absolute Gasteiger partial charge is 0.288 e. The van der Waals surface area contributed by atoms with Crippen LogP contribution in [0, 0.1) is 0 Å². The van der Waals surface area contributed by atoms with Crippen molar-refractivity contribution >= 4 is 11.9 Å². The fourth-order valence-electron chi connectivity index (χ4n) is 1.54. The minimum atomic E-state index is -0.321. The van der Waals surface area contributed by atoms with Crippen LogP contribution in [0.15, 0.2) is 24.3 Å². The highest BCUT2D eigenvalue weighted by Crippen LogP contribution is 2.05. The summed E-state index contributed by atoms with van der Waals surface area (Å²) in [6.07, 6.45) is 1.00. The number of nitrogens with zero attached hydrogens (tertiary/aromatic N) is 2. The SMILES string of the molecule is CCc1ccc(CNC(=O)c2nc(N)n[nH]2)cc1.